The number of aliphatic imine (C=N–C) groups is 1. The maximum absolute atomic E-state index is 5.27. The van der Waals surface area contributed by atoms with E-state index in [0.29, 0.717) is 5.41 Å². The maximum Gasteiger partial charge on any atom is 0.191 e. The van der Waals surface area contributed by atoms with Gasteiger partial charge in [0.2, 0.25) is 0 Å². The van der Waals surface area contributed by atoms with E-state index in [2.05, 4.69) is 32.3 Å². The second kappa shape index (κ2) is 10.2. The highest BCUT2D eigenvalue weighted by Gasteiger charge is 2.36. The average Bonchev–Trinajstić information content (AvgIpc) is 2.59. The Labute approximate surface area is 148 Å². The summed E-state index contributed by atoms with van der Waals surface area (Å²) in [4.78, 5) is 9.43. The van der Waals surface area contributed by atoms with Gasteiger partial charge in [-0.3, -0.25) is 9.89 Å². The quantitative estimate of drug-likeness (QED) is 0.485. The lowest BCUT2D eigenvalue weighted by atomic mass is 9.67. The van der Waals surface area contributed by atoms with Crippen molar-refractivity contribution in [2.75, 3.05) is 73.1 Å². The summed E-state index contributed by atoms with van der Waals surface area (Å²) in [5.74, 6) is 0.936. The molecule has 0 aromatic heterocycles. The van der Waals surface area contributed by atoms with Crippen LogP contribution in [0.3, 0.4) is 0 Å². The lowest BCUT2D eigenvalue weighted by Crippen LogP contribution is -2.50. The molecule has 1 heterocycles. The number of hydrogen-bond donors (Lipinski definition) is 2. The van der Waals surface area contributed by atoms with Gasteiger partial charge in [-0.2, -0.15) is 0 Å². The Morgan fingerprint density at radius 1 is 1.12 bits per heavy atom. The van der Waals surface area contributed by atoms with Crippen molar-refractivity contribution in [3.8, 4) is 0 Å². The summed E-state index contributed by atoms with van der Waals surface area (Å²) in [7, 11) is 3.65. The van der Waals surface area contributed by atoms with E-state index in [0.717, 1.165) is 38.6 Å². The molecule has 2 fully saturated rings. The maximum atomic E-state index is 5.27. The lowest BCUT2D eigenvalue weighted by molar-refractivity contribution is 0.0732. The minimum absolute atomic E-state index is 0.421. The van der Waals surface area contributed by atoms with Crippen molar-refractivity contribution < 1.29 is 4.74 Å². The van der Waals surface area contributed by atoms with Gasteiger partial charge in [-0.15, -0.1) is 0 Å². The molecule has 6 heteroatoms. The predicted molar refractivity (Wildman–Crippen MR) is 101 cm³/mol. The molecule has 6 nitrogen and oxygen atoms in total. The van der Waals surface area contributed by atoms with Crippen LogP contribution in [-0.4, -0.2) is 88.9 Å². The first-order valence-corrected chi connectivity index (χ1v) is 9.59. The van der Waals surface area contributed by atoms with Crippen molar-refractivity contribution in [3.63, 3.8) is 0 Å². The highest BCUT2D eigenvalue weighted by molar-refractivity contribution is 5.79. The molecule has 2 aliphatic rings. The Morgan fingerprint density at radius 3 is 2.38 bits per heavy atom. The summed E-state index contributed by atoms with van der Waals surface area (Å²) in [6.07, 6.45) is 5.11. The van der Waals surface area contributed by atoms with Crippen molar-refractivity contribution >= 4 is 5.96 Å². The van der Waals surface area contributed by atoms with Crippen LogP contribution in [0.15, 0.2) is 4.99 Å². The fourth-order valence-electron chi connectivity index (χ4n) is 3.66. The van der Waals surface area contributed by atoms with Crippen LogP contribution in [-0.2, 0) is 4.74 Å². The smallest absolute Gasteiger partial charge is 0.191 e. The number of likely N-dealkylation sites (N-methyl/N-ethyl adjacent to an activating group) is 1. The normalized spacial score (nSPS) is 22.2. The van der Waals surface area contributed by atoms with Crippen molar-refractivity contribution in [2.24, 2.45) is 10.4 Å². The van der Waals surface area contributed by atoms with E-state index in [1.54, 1.807) is 7.11 Å². The van der Waals surface area contributed by atoms with Gasteiger partial charge >= 0.3 is 0 Å². The first-order chi connectivity index (χ1) is 11.7. The Kier molecular flexibility index (Phi) is 8.29. The molecule has 1 saturated heterocycles. The predicted octanol–water partition coefficient (Wildman–Crippen LogP) is 0.996. The highest BCUT2D eigenvalue weighted by atomic mass is 16.5. The molecule has 0 unspecified atom stereocenters. The van der Waals surface area contributed by atoms with Crippen LogP contribution >= 0.6 is 0 Å². The zero-order valence-corrected chi connectivity index (χ0v) is 15.9. The lowest BCUT2D eigenvalue weighted by Gasteiger charge is -2.42. The number of hydrogen-bond acceptors (Lipinski definition) is 4. The van der Waals surface area contributed by atoms with Gasteiger partial charge in [0.05, 0.1) is 0 Å². The molecule has 1 aliphatic heterocycles. The van der Waals surface area contributed by atoms with Crippen molar-refractivity contribution in [2.45, 2.75) is 32.6 Å². The Hall–Kier alpha value is -0.850. The number of nitrogens with zero attached hydrogens (tertiary/aromatic N) is 3. The van der Waals surface area contributed by atoms with Gasteiger partial charge in [0.15, 0.2) is 5.96 Å². The van der Waals surface area contributed by atoms with Crippen molar-refractivity contribution in [1.29, 1.82) is 0 Å². The van der Waals surface area contributed by atoms with Gasteiger partial charge < -0.3 is 20.3 Å². The molecular weight excluding hydrogens is 302 g/mol. The fourth-order valence-corrected chi connectivity index (χ4v) is 3.66. The summed E-state index contributed by atoms with van der Waals surface area (Å²) in [6, 6.07) is 0. The zero-order valence-electron chi connectivity index (χ0n) is 15.9. The molecular formula is C18H37N5O. The van der Waals surface area contributed by atoms with Crippen LogP contribution in [0.1, 0.15) is 32.6 Å². The van der Waals surface area contributed by atoms with E-state index in [-0.39, 0.29) is 0 Å². The van der Waals surface area contributed by atoms with E-state index in [1.807, 2.05) is 7.05 Å². The molecule has 140 valence electrons. The molecule has 0 spiro atoms. The zero-order chi connectivity index (χ0) is 17.3. The largest absolute Gasteiger partial charge is 0.385 e. The monoisotopic (exact) mass is 339 g/mol. The van der Waals surface area contributed by atoms with E-state index in [9.17, 15) is 0 Å². The molecule has 0 atom stereocenters. The van der Waals surface area contributed by atoms with Gasteiger partial charge in [-0.05, 0) is 31.2 Å². The van der Waals surface area contributed by atoms with Gasteiger partial charge in [-0.25, -0.2) is 0 Å². The van der Waals surface area contributed by atoms with Crippen molar-refractivity contribution in [3.05, 3.63) is 0 Å². The number of ether oxygens (including phenoxy) is 1. The molecule has 1 aliphatic carbocycles. The average molecular weight is 340 g/mol. The third kappa shape index (κ3) is 5.90. The molecule has 2 rings (SSSR count). The Balaban J connectivity index is 1.62. The first kappa shape index (κ1) is 19.5. The molecule has 0 radical (unpaired) electrons. The number of piperazine rings is 1. The van der Waals surface area contributed by atoms with E-state index >= 15 is 0 Å². The van der Waals surface area contributed by atoms with Crippen molar-refractivity contribution in [1.82, 2.24) is 20.4 Å². The second-order valence-electron chi connectivity index (χ2n) is 7.22. The standard InChI is InChI=1S/C18H37N5O/c1-4-22-11-13-23(14-12-22)10-9-20-17(19-2)21-16-18(6-5-7-18)8-15-24-3/h4-16H2,1-3H3,(H2,19,20,21). The number of nitrogens with one attached hydrogen (secondary N) is 2. The van der Waals surface area contributed by atoms with Crippen LogP contribution in [0.5, 0.6) is 0 Å². The van der Waals surface area contributed by atoms with Crippen LogP contribution in [0.25, 0.3) is 0 Å². The number of methoxy groups -OCH3 is 1. The summed E-state index contributed by atoms with van der Waals surface area (Å²) in [6.45, 7) is 12.1. The van der Waals surface area contributed by atoms with Gasteiger partial charge in [-0.1, -0.05) is 13.3 Å². The molecule has 0 aromatic rings. The Morgan fingerprint density at radius 2 is 1.83 bits per heavy atom. The fraction of sp³-hybridized carbons (Fsp3) is 0.944. The third-order valence-electron chi connectivity index (χ3n) is 5.74. The van der Waals surface area contributed by atoms with E-state index in [1.165, 1.54) is 52.0 Å². The molecule has 0 amide bonds. The number of guanidine groups is 1. The summed E-state index contributed by atoms with van der Waals surface area (Å²) >= 11 is 0. The van der Waals surface area contributed by atoms with Crippen LogP contribution in [0.2, 0.25) is 0 Å². The summed E-state index contributed by atoms with van der Waals surface area (Å²) < 4.78 is 5.27. The number of rotatable bonds is 9. The van der Waals surface area contributed by atoms with E-state index < -0.39 is 0 Å². The SMILES string of the molecule is CCN1CCN(CCNC(=NC)NCC2(CCOC)CCC2)CC1. The Bertz CT molecular complexity index is 376. The minimum atomic E-state index is 0.421. The van der Waals surface area contributed by atoms with Crippen LogP contribution in [0, 0.1) is 5.41 Å². The van der Waals surface area contributed by atoms with Gasteiger partial charge in [0, 0.05) is 66.6 Å². The summed E-state index contributed by atoms with van der Waals surface area (Å²) in [5.41, 5.74) is 0.421. The van der Waals surface area contributed by atoms with Crippen LogP contribution < -0.4 is 10.6 Å². The third-order valence-corrected chi connectivity index (χ3v) is 5.74. The molecule has 1 saturated carbocycles. The van der Waals surface area contributed by atoms with Gasteiger partial charge in [0.1, 0.15) is 0 Å². The second-order valence-corrected chi connectivity index (χ2v) is 7.22. The molecule has 2 N–H and O–H groups in total. The van der Waals surface area contributed by atoms with E-state index in [4.69, 9.17) is 4.74 Å². The summed E-state index contributed by atoms with van der Waals surface area (Å²) in [5, 5.41) is 7.00. The highest BCUT2D eigenvalue weighted by Crippen LogP contribution is 2.43. The molecule has 0 aromatic carbocycles. The van der Waals surface area contributed by atoms with Crippen LogP contribution in [0.4, 0.5) is 0 Å². The topological polar surface area (TPSA) is 52.1 Å². The first-order valence-electron chi connectivity index (χ1n) is 9.59. The molecule has 0 bridgehead atoms. The molecule has 24 heavy (non-hydrogen) atoms. The van der Waals surface area contributed by atoms with Gasteiger partial charge in [0.25, 0.3) is 0 Å². The minimum Gasteiger partial charge on any atom is -0.385 e.